The molecule has 6 heterocycles. The first-order valence-electron chi connectivity index (χ1n) is 44.9. The van der Waals surface area contributed by atoms with Gasteiger partial charge < -0.3 is 25.4 Å². The Kier molecular flexibility index (Phi) is 49.6. The molecule has 18 aromatic rings. The van der Waals surface area contributed by atoms with Gasteiger partial charge in [0.25, 0.3) is 0 Å². The van der Waals surface area contributed by atoms with E-state index in [-0.39, 0.29) is 152 Å². The topological polar surface area (TPSA) is 227 Å². The third kappa shape index (κ3) is 36.8. The number of aromatic nitrogens is 6. The Morgan fingerprint density at radius 1 is 0.289 bits per heavy atom. The maximum Gasteiger partial charge on any atom is 0.155 e. The van der Waals surface area contributed by atoms with E-state index in [1.165, 1.54) is 157 Å². The van der Waals surface area contributed by atoms with Gasteiger partial charge in [-0.05, 0) is 164 Å². The summed E-state index contributed by atoms with van der Waals surface area (Å²) >= 11 is 0. The van der Waals surface area contributed by atoms with Crippen LogP contribution in [0.5, 0.6) is 0 Å². The van der Waals surface area contributed by atoms with Gasteiger partial charge in [0, 0.05) is 131 Å². The van der Waals surface area contributed by atoms with Crippen LogP contribution in [0.4, 0.5) is 0 Å². The first kappa shape index (κ1) is 119. The third-order valence-corrected chi connectivity index (χ3v) is 21.3. The van der Waals surface area contributed by atoms with Gasteiger partial charge >= 0.3 is 0 Å². The Labute approximate surface area is 903 Å². The van der Waals surface area contributed by atoms with Crippen molar-refractivity contribution >= 4 is 77.6 Å². The Morgan fingerprint density at radius 3 is 1.03 bits per heavy atom. The summed E-state index contributed by atoms with van der Waals surface area (Å²) in [5.74, 6) is -0.250. The molecule has 1 aliphatic rings. The number of pyridine rings is 6. The van der Waals surface area contributed by atoms with Crippen molar-refractivity contribution in [2.75, 3.05) is 0 Å². The van der Waals surface area contributed by atoms with Crippen LogP contribution >= 0.6 is 0 Å². The molecule has 5 radical (unpaired) electrons. The molecule has 0 unspecified atom stereocenters. The molecular weight excluding hydrogens is 2650 g/mol. The second-order valence-corrected chi connectivity index (χ2v) is 33.7. The van der Waals surface area contributed by atoms with Crippen molar-refractivity contribution in [1.29, 1.82) is 0 Å². The molecule has 6 aromatic heterocycles. The molecule has 4 N–H and O–H groups in total. The largest absolute Gasteiger partial charge is 0.512 e. The normalized spacial score (nSPS) is 11.1. The molecular formula is C123H114Ir5N6O8-6. The van der Waals surface area contributed by atoms with Crippen molar-refractivity contribution in [3.05, 3.63) is 455 Å². The molecule has 735 valence electrons. The Morgan fingerprint density at radius 2 is 0.655 bits per heavy atom. The quantitative estimate of drug-likeness (QED) is 0.0568. The van der Waals surface area contributed by atoms with Gasteiger partial charge in [-0.3, -0.25) is 44.1 Å². The number of nitrogens with zero attached hydrogens (tertiary/aromatic N) is 6. The number of rotatable bonds is 10. The second-order valence-electron chi connectivity index (χ2n) is 33.7. The first-order chi connectivity index (χ1) is 65.5. The molecule has 0 fully saturated rings. The van der Waals surface area contributed by atoms with Crippen molar-refractivity contribution in [2.45, 2.75) is 130 Å². The van der Waals surface area contributed by atoms with Gasteiger partial charge in [0.1, 0.15) is 0 Å². The van der Waals surface area contributed by atoms with Crippen LogP contribution in [0.15, 0.2) is 363 Å². The molecule has 19 heteroatoms. The number of hydrogen-bond acceptors (Lipinski definition) is 14. The number of hydrogen-bond donors (Lipinski definition) is 4. The molecule has 1 aliphatic carbocycles. The summed E-state index contributed by atoms with van der Waals surface area (Å²) in [6, 6.07) is 125. The molecule has 0 atom stereocenters. The minimum atomic E-state index is -0.125. The molecule has 12 aromatic carbocycles. The van der Waals surface area contributed by atoms with Gasteiger partial charge in [0.05, 0.1) is 50.6 Å². The Balaban J connectivity index is 0.000000285. The SMILES string of the molecule is CC(=O)C=C(C)O.CC(=O)C=C(C)O.CC(=O)C=C(C)O.CC(=O)C=C(C)O.CC1(C)c2ccccc2-c2c[c-]c(-c3ccc4ccccc4n3)cc21.Cc1[c-]c(-c2ccc3ccccc3n2)c(C)cc1.Cc1[c-]c(-c2ccc3ccccc3n2)cc(C)c1.Cc1[c-]c(-c2ccc3ccccc3n2)cc(C)c1.Cc1cc[c-]c(-c2ccc3ccccc3n2)c1C.[Ir].[Ir].[Ir].[Ir].[Ir].[c-]1ccccc1-c1ccccn1. The van der Waals surface area contributed by atoms with Crippen LogP contribution < -0.4 is 0 Å². The first-order valence-corrected chi connectivity index (χ1v) is 44.9. The number of fused-ring (bicyclic) bond motifs is 8. The van der Waals surface area contributed by atoms with E-state index in [2.05, 4.69) is 287 Å². The number of allylic oxidation sites excluding steroid dienone is 8. The molecule has 142 heavy (non-hydrogen) atoms. The molecule has 0 amide bonds. The molecule has 0 saturated carbocycles. The zero-order valence-electron chi connectivity index (χ0n) is 82.6. The van der Waals surface area contributed by atoms with Crippen LogP contribution in [-0.4, -0.2) is 73.5 Å². The van der Waals surface area contributed by atoms with Crippen molar-refractivity contribution in [3.63, 3.8) is 0 Å². The molecule has 0 aliphatic heterocycles. The summed E-state index contributed by atoms with van der Waals surface area (Å²) in [6.45, 7) is 32.7. The monoisotopic (exact) mass is 2770 g/mol. The van der Waals surface area contributed by atoms with Crippen LogP contribution in [0.1, 0.15) is 125 Å². The number of carbonyl (C=O) groups excluding carboxylic acids is 4. The molecule has 14 nitrogen and oxygen atoms in total. The van der Waals surface area contributed by atoms with Gasteiger partial charge in [-0.25, -0.2) is 0 Å². The standard InChI is InChI=1S/C24H18N.4C17H14N.C11H8N.4C5H8O2.5Ir/c1-24(2)20-9-5-4-8-18(20)19-13-11-17(15-21(19)24)23-14-12-16-7-3-6-10-22(16)25-23;1-12-6-5-8-15(13(12)2)17-11-10-14-7-3-4-9-16(14)18-17;2*1-12-9-13(2)11-15(10-12)17-8-7-14-5-3-4-6-16(14)18-17;1-12-7-8-13(2)15(11-12)17-10-9-14-5-3-4-6-16(14)18-17;1-2-6-10(7-3-1)11-8-4-5-9-12-11;4*1-4(6)3-5(2)7;;;;;/h3-10,12-15H,1-2H3;3-7,9-11H,1-2H3;3*3-10H,1-2H3;1-6,8-9H;4*3,6H,1-2H3;;;;;/q6*-1;;;;;;;;;. The van der Waals surface area contributed by atoms with E-state index in [0.29, 0.717) is 0 Å². The number of carbonyl (C=O) groups is 4. The maximum absolute atomic E-state index is 10.0. The Hall–Kier alpha value is -13.1. The van der Waals surface area contributed by atoms with Gasteiger partial charge in [0.2, 0.25) is 0 Å². The van der Waals surface area contributed by atoms with Gasteiger partial charge in [0.15, 0.2) is 23.1 Å². The average molecular weight is 2770 g/mol. The summed E-state index contributed by atoms with van der Waals surface area (Å²) in [7, 11) is 0. The molecule has 19 rings (SSSR count). The number of benzene rings is 12. The zero-order valence-corrected chi connectivity index (χ0v) is 94.6. The predicted molar refractivity (Wildman–Crippen MR) is 562 cm³/mol. The summed E-state index contributed by atoms with van der Waals surface area (Å²) in [5, 5.41) is 39.3. The van der Waals surface area contributed by atoms with E-state index in [0.717, 1.165) is 112 Å². The van der Waals surface area contributed by atoms with E-state index >= 15 is 0 Å². The summed E-state index contributed by atoms with van der Waals surface area (Å²) in [5.41, 5.74) is 32.6. The minimum absolute atomic E-state index is 0. The smallest absolute Gasteiger partial charge is 0.155 e. The number of aliphatic hydroxyl groups excluding tert-OH is 4. The molecule has 0 saturated heterocycles. The fraction of sp³-hybridized carbons (Fsp3) is 0.154. The fourth-order valence-electron chi connectivity index (χ4n) is 15.0. The van der Waals surface area contributed by atoms with E-state index in [1.54, 1.807) is 6.20 Å². The molecule has 0 bridgehead atoms. The zero-order chi connectivity index (χ0) is 98.8. The van der Waals surface area contributed by atoms with Crippen molar-refractivity contribution < 1.29 is 140 Å². The number of ketones is 4. The van der Waals surface area contributed by atoms with Crippen LogP contribution in [0.2, 0.25) is 0 Å². The van der Waals surface area contributed by atoms with Crippen molar-refractivity contribution in [3.8, 4) is 78.7 Å². The summed E-state index contributed by atoms with van der Waals surface area (Å²) in [4.78, 5) is 68.0. The van der Waals surface area contributed by atoms with E-state index in [9.17, 15) is 19.2 Å². The third-order valence-electron chi connectivity index (χ3n) is 21.3. The predicted octanol–water partition coefficient (Wildman–Crippen LogP) is 30.0. The minimum Gasteiger partial charge on any atom is -0.512 e. The summed E-state index contributed by atoms with van der Waals surface area (Å²) in [6.07, 6.45) is 6.45. The number of aliphatic hydroxyl groups is 4. The van der Waals surface area contributed by atoms with Crippen molar-refractivity contribution in [1.82, 2.24) is 29.9 Å². The second kappa shape index (κ2) is 59.0. The van der Waals surface area contributed by atoms with Gasteiger partial charge in [-0.2, -0.15) is 0 Å². The van der Waals surface area contributed by atoms with E-state index in [4.69, 9.17) is 45.3 Å². The van der Waals surface area contributed by atoms with Crippen molar-refractivity contribution in [2.24, 2.45) is 0 Å². The number of aryl methyl sites for hydroxylation is 7. The fourth-order valence-corrected chi connectivity index (χ4v) is 15.0. The van der Waals surface area contributed by atoms with E-state index < -0.39 is 0 Å². The Bertz CT molecular complexity index is 7020. The van der Waals surface area contributed by atoms with Crippen LogP contribution in [0.25, 0.3) is 133 Å². The van der Waals surface area contributed by atoms with E-state index in [1.807, 2.05) is 133 Å². The average Bonchev–Trinajstić information content (AvgIpc) is 1.58. The van der Waals surface area contributed by atoms with Crippen LogP contribution in [0, 0.1) is 91.8 Å². The van der Waals surface area contributed by atoms with Gasteiger partial charge in [-0.15, -0.1) is 205 Å². The summed E-state index contributed by atoms with van der Waals surface area (Å²) < 4.78 is 0. The maximum atomic E-state index is 10.0. The van der Waals surface area contributed by atoms with Gasteiger partial charge in [-0.1, -0.05) is 268 Å². The number of para-hydroxylation sites is 5. The molecule has 0 spiro atoms. The van der Waals surface area contributed by atoms with Crippen LogP contribution in [0.3, 0.4) is 0 Å². The van der Waals surface area contributed by atoms with Crippen LogP contribution in [-0.2, 0) is 125 Å².